The third-order valence-electron chi connectivity index (χ3n) is 2.13. The molecule has 0 aliphatic carbocycles. The van der Waals surface area contributed by atoms with Crippen molar-refractivity contribution in [2.75, 3.05) is 13.7 Å². The molecule has 0 fully saturated rings. The van der Waals surface area contributed by atoms with Crippen LogP contribution in [0.1, 0.15) is 33.6 Å². The molecule has 0 bridgehead atoms. The van der Waals surface area contributed by atoms with E-state index in [4.69, 9.17) is 0 Å². The summed E-state index contributed by atoms with van der Waals surface area (Å²) in [5, 5.41) is 2.73. The van der Waals surface area contributed by atoms with E-state index >= 15 is 0 Å². The Kier molecular flexibility index (Phi) is 6.75. The number of ether oxygens (including phenoxy) is 1. The van der Waals surface area contributed by atoms with Crippen LogP contribution in [0.3, 0.4) is 0 Å². The van der Waals surface area contributed by atoms with Gasteiger partial charge in [0.25, 0.3) is 0 Å². The third-order valence-corrected chi connectivity index (χ3v) is 2.13. The van der Waals surface area contributed by atoms with E-state index < -0.39 is 0 Å². The first kappa shape index (κ1) is 13.9. The summed E-state index contributed by atoms with van der Waals surface area (Å²) in [5.74, 6) is 0.398. The molecule has 0 saturated heterocycles. The van der Waals surface area contributed by atoms with Crippen LogP contribution in [0, 0.1) is 11.8 Å². The van der Waals surface area contributed by atoms with Gasteiger partial charge in [-0.15, -0.1) is 0 Å². The molecule has 1 amide bonds. The zero-order valence-electron chi connectivity index (χ0n) is 10.0. The standard InChI is InChI=1S/C11H21NO3/c1-8(2)5-10(6-11(14)15-4)7-12-9(3)13/h8,10H,5-7H2,1-4H3,(H,12,13). The molecule has 0 saturated carbocycles. The molecule has 0 aromatic rings. The van der Waals surface area contributed by atoms with Gasteiger partial charge in [-0.3, -0.25) is 9.59 Å². The number of hydrogen-bond donors (Lipinski definition) is 1. The van der Waals surface area contributed by atoms with Crippen molar-refractivity contribution in [3.8, 4) is 0 Å². The molecule has 0 aliphatic rings. The zero-order chi connectivity index (χ0) is 11.8. The Labute approximate surface area is 91.4 Å². The minimum atomic E-state index is -0.217. The van der Waals surface area contributed by atoms with E-state index in [1.54, 1.807) is 0 Å². The molecule has 4 nitrogen and oxygen atoms in total. The Bertz CT molecular complexity index is 214. The summed E-state index contributed by atoms with van der Waals surface area (Å²) in [5.41, 5.74) is 0. The maximum absolute atomic E-state index is 11.1. The first-order chi connectivity index (χ1) is 6.95. The van der Waals surface area contributed by atoms with Gasteiger partial charge in [-0.25, -0.2) is 0 Å². The molecule has 1 atom stereocenters. The van der Waals surface area contributed by atoms with Gasteiger partial charge in [-0.2, -0.15) is 0 Å². The van der Waals surface area contributed by atoms with E-state index in [1.807, 2.05) is 0 Å². The fraction of sp³-hybridized carbons (Fsp3) is 0.818. The second-order valence-electron chi connectivity index (χ2n) is 4.21. The second kappa shape index (κ2) is 7.26. The normalized spacial score (nSPS) is 12.3. The fourth-order valence-corrected chi connectivity index (χ4v) is 1.51. The molecule has 0 spiro atoms. The summed E-state index contributed by atoms with van der Waals surface area (Å²) in [7, 11) is 1.38. The van der Waals surface area contributed by atoms with Gasteiger partial charge < -0.3 is 10.1 Å². The summed E-state index contributed by atoms with van der Waals surface area (Å²) in [6.07, 6.45) is 1.28. The maximum Gasteiger partial charge on any atom is 0.305 e. The SMILES string of the molecule is COC(=O)CC(CNC(C)=O)CC(C)C. The summed E-state index contributed by atoms with van der Waals surface area (Å²) in [4.78, 5) is 21.9. The smallest absolute Gasteiger partial charge is 0.305 e. The monoisotopic (exact) mass is 215 g/mol. The van der Waals surface area contributed by atoms with E-state index in [2.05, 4.69) is 23.9 Å². The molecule has 0 heterocycles. The van der Waals surface area contributed by atoms with Crippen LogP contribution in [-0.4, -0.2) is 25.5 Å². The highest BCUT2D eigenvalue weighted by Gasteiger charge is 2.16. The molecule has 88 valence electrons. The van der Waals surface area contributed by atoms with Gasteiger partial charge in [0.2, 0.25) is 5.91 Å². The van der Waals surface area contributed by atoms with Crippen LogP contribution >= 0.6 is 0 Å². The lowest BCUT2D eigenvalue weighted by molar-refractivity contribution is -0.142. The summed E-state index contributed by atoms with van der Waals surface area (Å²) < 4.78 is 4.62. The molecule has 0 aromatic carbocycles. The summed E-state index contributed by atoms with van der Waals surface area (Å²) in [6.45, 7) is 6.21. The van der Waals surface area contributed by atoms with E-state index in [0.29, 0.717) is 18.9 Å². The van der Waals surface area contributed by atoms with Crippen molar-refractivity contribution < 1.29 is 14.3 Å². The number of hydrogen-bond acceptors (Lipinski definition) is 3. The Balaban J connectivity index is 4.05. The van der Waals surface area contributed by atoms with Crippen LogP contribution in [0.25, 0.3) is 0 Å². The van der Waals surface area contributed by atoms with E-state index in [0.717, 1.165) is 6.42 Å². The van der Waals surface area contributed by atoms with Crippen molar-refractivity contribution in [1.29, 1.82) is 0 Å². The van der Waals surface area contributed by atoms with Crippen molar-refractivity contribution in [1.82, 2.24) is 5.32 Å². The van der Waals surface area contributed by atoms with Gasteiger partial charge >= 0.3 is 5.97 Å². The predicted molar refractivity (Wildman–Crippen MR) is 58.3 cm³/mol. The number of amides is 1. The van der Waals surface area contributed by atoms with Crippen LogP contribution in [0.5, 0.6) is 0 Å². The van der Waals surface area contributed by atoms with E-state index in [9.17, 15) is 9.59 Å². The average Bonchev–Trinajstić information content (AvgIpc) is 2.13. The second-order valence-corrected chi connectivity index (χ2v) is 4.21. The van der Waals surface area contributed by atoms with Crippen molar-refractivity contribution in [2.45, 2.75) is 33.6 Å². The van der Waals surface area contributed by atoms with Crippen molar-refractivity contribution >= 4 is 11.9 Å². The van der Waals surface area contributed by atoms with E-state index in [1.165, 1.54) is 14.0 Å². The molecule has 1 N–H and O–H groups in total. The minimum Gasteiger partial charge on any atom is -0.469 e. The molecule has 0 radical (unpaired) electrons. The number of carbonyl (C=O) groups is 2. The van der Waals surface area contributed by atoms with Gasteiger partial charge in [0.15, 0.2) is 0 Å². The van der Waals surface area contributed by atoms with E-state index in [-0.39, 0.29) is 17.8 Å². The van der Waals surface area contributed by atoms with Crippen LogP contribution in [-0.2, 0) is 14.3 Å². The fourth-order valence-electron chi connectivity index (χ4n) is 1.51. The van der Waals surface area contributed by atoms with Gasteiger partial charge in [0.1, 0.15) is 0 Å². The van der Waals surface area contributed by atoms with Crippen LogP contribution in [0.2, 0.25) is 0 Å². The van der Waals surface area contributed by atoms with Crippen LogP contribution in [0.4, 0.5) is 0 Å². The lowest BCUT2D eigenvalue weighted by atomic mass is 9.94. The predicted octanol–water partition coefficient (Wildman–Crippen LogP) is 1.35. The minimum absolute atomic E-state index is 0.0615. The number of nitrogens with one attached hydrogen (secondary N) is 1. The maximum atomic E-state index is 11.1. The first-order valence-corrected chi connectivity index (χ1v) is 5.27. The third kappa shape index (κ3) is 7.97. The average molecular weight is 215 g/mol. The number of rotatable bonds is 6. The number of methoxy groups -OCH3 is 1. The lowest BCUT2D eigenvalue weighted by Crippen LogP contribution is -2.29. The van der Waals surface area contributed by atoms with Gasteiger partial charge in [0, 0.05) is 19.9 Å². The topological polar surface area (TPSA) is 55.4 Å². The van der Waals surface area contributed by atoms with Gasteiger partial charge in [-0.05, 0) is 18.3 Å². The molecule has 1 unspecified atom stereocenters. The first-order valence-electron chi connectivity index (χ1n) is 5.27. The molecule has 0 aliphatic heterocycles. The summed E-state index contributed by atoms with van der Waals surface area (Å²) in [6, 6.07) is 0. The molecule has 4 heteroatoms. The number of carbonyl (C=O) groups excluding carboxylic acids is 2. The summed E-state index contributed by atoms with van der Waals surface area (Å²) >= 11 is 0. The Morgan fingerprint density at radius 2 is 1.93 bits per heavy atom. The highest BCUT2D eigenvalue weighted by molar-refractivity contribution is 5.73. The lowest BCUT2D eigenvalue weighted by Gasteiger charge is -2.17. The molecule has 0 aromatic heterocycles. The Morgan fingerprint density at radius 3 is 2.33 bits per heavy atom. The zero-order valence-corrected chi connectivity index (χ0v) is 10.0. The quantitative estimate of drug-likeness (QED) is 0.680. The largest absolute Gasteiger partial charge is 0.469 e. The molecular weight excluding hydrogens is 194 g/mol. The number of esters is 1. The van der Waals surface area contributed by atoms with Crippen LogP contribution < -0.4 is 5.32 Å². The van der Waals surface area contributed by atoms with Gasteiger partial charge in [0.05, 0.1) is 7.11 Å². The van der Waals surface area contributed by atoms with Crippen molar-refractivity contribution in [3.63, 3.8) is 0 Å². The highest BCUT2D eigenvalue weighted by Crippen LogP contribution is 2.15. The van der Waals surface area contributed by atoms with Crippen molar-refractivity contribution in [3.05, 3.63) is 0 Å². The Morgan fingerprint density at radius 1 is 1.33 bits per heavy atom. The molecular formula is C11H21NO3. The van der Waals surface area contributed by atoms with Crippen LogP contribution in [0.15, 0.2) is 0 Å². The highest BCUT2D eigenvalue weighted by atomic mass is 16.5. The molecule has 15 heavy (non-hydrogen) atoms. The van der Waals surface area contributed by atoms with Gasteiger partial charge in [-0.1, -0.05) is 13.8 Å². The van der Waals surface area contributed by atoms with Crippen molar-refractivity contribution in [2.24, 2.45) is 11.8 Å². The Hall–Kier alpha value is -1.06. The molecule has 0 rings (SSSR count).